The molecule has 1 atom stereocenters. The molecule has 0 aliphatic heterocycles. The standard InChI is InChI=1S/C22H30N2O3/c1-2-3-19(17-4-6-18(7-5-17)20(25)24-27)23-21(26)22-11-14-8-15(12-22)10-16(9-14)13-22/h4-7,14-16,19,27H,2-3,8-13H2,1H3,(H,23,26)(H,24,25)/t14?,15?,16?,19-,22?/m1/s1. The van der Waals surface area contributed by atoms with E-state index in [1.54, 1.807) is 17.6 Å². The van der Waals surface area contributed by atoms with Crippen LogP contribution in [0.5, 0.6) is 0 Å². The molecule has 4 bridgehead atoms. The zero-order valence-electron chi connectivity index (χ0n) is 16.0. The maximum absolute atomic E-state index is 13.4. The van der Waals surface area contributed by atoms with E-state index in [-0.39, 0.29) is 17.4 Å². The van der Waals surface area contributed by atoms with Crippen molar-refractivity contribution in [2.45, 2.75) is 64.3 Å². The molecule has 4 aliphatic carbocycles. The summed E-state index contributed by atoms with van der Waals surface area (Å²) in [5, 5.41) is 12.1. The number of hydrogen-bond acceptors (Lipinski definition) is 3. The number of benzene rings is 1. The molecule has 2 amide bonds. The lowest BCUT2D eigenvalue weighted by Crippen LogP contribution is -2.54. The van der Waals surface area contributed by atoms with Gasteiger partial charge >= 0.3 is 0 Å². The van der Waals surface area contributed by atoms with E-state index in [2.05, 4.69) is 12.2 Å². The van der Waals surface area contributed by atoms with E-state index in [1.807, 2.05) is 12.1 Å². The molecule has 3 N–H and O–H groups in total. The molecule has 4 saturated carbocycles. The molecule has 0 unspecified atom stereocenters. The summed E-state index contributed by atoms with van der Waals surface area (Å²) in [4.78, 5) is 24.9. The predicted octanol–water partition coefficient (Wildman–Crippen LogP) is 3.98. The second kappa shape index (κ2) is 7.27. The van der Waals surface area contributed by atoms with Gasteiger partial charge in [0, 0.05) is 11.0 Å². The van der Waals surface area contributed by atoms with Gasteiger partial charge in [-0.15, -0.1) is 0 Å². The monoisotopic (exact) mass is 370 g/mol. The molecule has 1 aromatic carbocycles. The fraction of sp³-hybridized carbons (Fsp3) is 0.636. The van der Waals surface area contributed by atoms with Gasteiger partial charge in [-0.2, -0.15) is 0 Å². The second-order valence-electron chi connectivity index (χ2n) is 9.08. The minimum Gasteiger partial charge on any atom is -0.349 e. The molecule has 0 heterocycles. The lowest BCUT2D eigenvalue weighted by Gasteiger charge is -2.55. The highest BCUT2D eigenvalue weighted by atomic mass is 16.5. The molecule has 5 rings (SSSR count). The highest BCUT2D eigenvalue weighted by Crippen LogP contribution is 2.60. The summed E-state index contributed by atoms with van der Waals surface area (Å²) >= 11 is 0. The number of rotatable bonds is 6. The van der Waals surface area contributed by atoms with Gasteiger partial charge in [0.2, 0.25) is 5.91 Å². The SMILES string of the molecule is CCC[C@@H](NC(=O)C12CC3CC(CC(C3)C1)C2)c1ccc(C(=O)NO)cc1. The number of nitrogens with one attached hydrogen (secondary N) is 2. The van der Waals surface area contributed by atoms with Crippen molar-refractivity contribution >= 4 is 11.8 Å². The van der Waals surface area contributed by atoms with Crippen molar-refractivity contribution in [3.05, 3.63) is 35.4 Å². The third-order valence-corrected chi connectivity index (χ3v) is 7.08. The Morgan fingerprint density at radius 2 is 1.63 bits per heavy atom. The third kappa shape index (κ3) is 3.49. The van der Waals surface area contributed by atoms with E-state index in [0.29, 0.717) is 5.56 Å². The van der Waals surface area contributed by atoms with Crippen molar-refractivity contribution in [2.75, 3.05) is 0 Å². The van der Waals surface area contributed by atoms with Crippen molar-refractivity contribution in [2.24, 2.45) is 23.2 Å². The van der Waals surface area contributed by atoms with Crippen molar-refractivity contribution in [1.82, 2.24) is 10.8 Å². The van der Waals surface area contributed by atoms with Crippen LogP contribution in [0.1, 0.15) is 80.3 Å². The molecule has 0 saturated heterocycles. The minimum absolute atomic E-state index is 0.0262. The van der Waals surface area contributed by atoms with Gasteiger partial charge < -0.3 is 5.32 Å². The van der Waals surface area contributed by atoms with Crippen LogP contribution in [0, 0.1) is 23.2 Å². The molecule has 4 fully saturated rings. The molecule has 5 nitrogen and oxygen atoms in total. The number of hydrogen-bond donors (Lipinski definition) is 3. The Kier molecular flexibility index (Phi) is 4.97. The average molecular weight is 370 g/mol. The van der Waals surface area contributed by atoms with Gasteiger partial charge in [0.05, 0.1) is 6.04 Å². The molecule has 146 valence electrons. The van der Waals surface area contributed by atoms with E-state index in [1.165, 1.54) is 19.3 Å². The lowest BCUT2D eigenvalue weighted by atomic mass is 9.49. The van der Waals surface area contributed by atoms with Gasteiger partial charge in [0.25, 0.3) is 5.91 Å². The average Bonchev–Trinajstić information content (AvgIpc) is 2.66. The Hall–Kier alpha value is -1.88. The van der Waals surface area contributed by atoms with Crippen molar-refractivity contribution in [3.8, 4) is 0 Å². The van der Waals surface area contributed by atoms with Gasteiger partial charge in [-0.05, 0) is 80.4 Å². The Morgan fingerprint density at radius 1 is 1.07 bits per heavy atom. The Morgan fingerprint density at radius 3 is 2.11 bits per heavy atom. The summed E-state index contributed by atoms with van der Waals surface area (Å²) < 4.78 is 0. The number of carbonyl (C=O) groups excluding carboxylic acids is 2. The van der Waals surface area contributed by atoms with E-state index in [9.17, 15) is 9.59 Å². The molecular formula is C22H30N2O3. The van der Waals surface area contributed by atoms with E-state index < -0.39 is 5.91 Å². The van der Waals surface area contributed by atoms with Crippen LogP contribution in [0.4, 0.5) is 0 Å². The van der Waals surface area contributed by atoms with Gasteiger partial charge in [0.15, 0.2) is 0 Å². The quantitative estimate of drug-likeness (QED) is 0.523. The molecule has 4 aliphatic rings. The topological polar surface area (TPSA) is 78.4 Å². The highest BCUT2D eigenvalue weighted by molar-refractivity contribution is 5.93. The van der Waals surface area contributed by atoms with Crippen LogP contribution in [-0.4, -0.2) is 17.0 Å². The van der Waals surface area contributed by atoms with Crippen molar-refractivity contribution in [1.29, 1.82) is 0 Å². The molecule has 1 aromatic rings. The number of carbonyl (C=O) groups is 2. The molecule has 0 radical (unpaired) electrons. The van der Waals surface area contributed by atoms with Crippen molar-refractivity contribution in [3.63, 3.8) is 0 Å². The summed E-state index contributed by atoms with van der Waals surface area (Å²) in [6.07, 6.45) is 9.06. The van der Waals surface area contributed by atoms with Gasteiger partial charge in [-0.1, -0.05) is 25.5 Å². The summed E-state index contributed by atoms with van der Waals surface area (Å²) in [5.41, 5.74) is 2.94. The van der Waals surface area contributed by atoms with Crippen LogP contribution in [-0.2, 0) is 4.79 Å². The predicted molar refractivity (Wildman–Crippen MR) is 102 cm³/mol. The third-order valence-electron chi connectivity index (χ3n) is 7.08. The summed E-state index contributed by atoms with van der Waals surface area (Å²) in [5.74, 6) is 1.98. The largest absolute Gasteiger partial charge is 0.349 e. The second-order valence-corrected chi connectivity index (χ2v) is 9.08. The first-order chi connectivity index (χ1) is 13.0. The van der Waals surface area contributed by atoms with Crippen LogP contribution < -0.4 is 10.8 Å². The maximum atomic E-state index is 13.4. The molecule has 5 heteroatoms. The van der Waals surface area contributed by atoms with Gasteiger partial charge in [-0.3, -0.25) is 14.8 Å². The normalized spacial score (nSPS) is 32.1. The zero-order chi connectivity index (χ0) is 19.0. The fourth-order valence-electron chi connectivity index (χ4n) is 6.24. The Bertz CT molecular complexity index is 677. The number of amides is 2. The zero-order valence-corrected chi connectivity index (χ0v) is 16.0. The van der Waals surface area contributed by atoms with Crippen LogP contribution in [0.2, 0.25) is 0 Å². The first kappa shape index (κ1) is 18.5. The van der Waals surface area contributed by atoms with Crippen LogP contribution in [0.3, 0.4) is 0 Å². The summed E-state index contributed by atoms with van der Waals surface area (Å²) in [6, 6.07) is 7.12. The summed E-state index contributed by atoms with van der Waals surface area (Å²) in [7, 11) is 0. The summed E-state index contributed by atoms with van der Waals surface area (Å²) in [6.45, 7) is 2.12. The minimum atomic E-state index is -0.522. The maximum Gasteiger partial charge on any atom is 0.274 e. The first-order valence-corrected chi connectivity index (χ1v) is 10.4. The Labute approximate surface area is 160 Å². The van der Waals surface area contributed by atoms with Crippen LogP contribution >= 0.6 is 0 Å². The molecule has 27 heavy (non-hydrogen) atoms. The number of hydroxylamine groups is 1. The van der Waals surface area contributed by atoms with Crippen molar-refractivity contribution < 1.29 is 14.8 Å². The molecule has 0 aromatic heterocycles. The molecule has 0 spiro atoms. The van der Waals surface area contributed by atoms with Crippen LogP contribution in [0.15, 0.2) is 24.3 Å². The first-order valence-electron chi connectivity index (χ1n) is 10.4. The smallest absolute Gasteiger partial charge is 0.274 e. The Balaban J connectivity index is 1.50. The van der Waals surface area contributed by atoms with E-state index in [4.69, 9.17) is 5.21 Å². The highest BCUT2D eigenvalue weighted by Gasteiger charge is 2.54. The van der Waals surface area contributed by atoms with Gasteiger partial charge in [0.1, 0.15) is 0 Å². The van der Waals surface area contributed by atoms with Gasteiger partial charge in [-0.25, -0.2) is 5.48 Å². The lowest BCUT2D eigenvalue weighted by molar-refractivity contribution is -0.147. The molecular weight excluding hydrogens is 340 g/mol. The van der Waals surface area contributed by atoms with E-state index >= 15 is 0 Å². The van der Waals surface area contributed by atoms with E-state index in [0.717, 1.165) is 55.4 Å². The van der Waals surface area contributed by atoms with Crippen LogP contribution in [0.25, 0.3) is 0 Å². The fourth-order valence-corrected chi connectivity index (χ4v) is 6.24.